The van der Waals surface area contributed by atoms with E-state index >= 15 is 0 Å². The molecule has 0 radical (unpaired) electrons. The first kappa shape index (κ1) is 12.5. The number of rotatable bonds is 4. The zero-order chi connectivity index (χ0) is 12.1. The van der Waals surface area contributed by atoms with E-state index in [0.717, 1.165) is 5.56 Å². The molecule has 0 fully saturated rings. The van der Waals surface area contributed by atoms with Crippen molar-refractivity contribution in [1.82, 2.24) is 4.90 Å². The SMILES string of the molecule is CCN(CCN)C(=O)c1cc(C)ccc1O. The molecule has 1 aromatic carbocycles. The number of phenols is 1. The molecule has 0 aliphatic rings. The summed E-state index contributed by atoms with van der Waals surface area (Å²) in [6.07, 6.45) is 0. The van der Waals surface area contributed by atoms with Gasteiger partial charge in [0.25, 0.3) is 5.91 Å². The predicted octanol–water partition coefficient (Wildman–Crippen LogP) is 1.12. The van der Waals surface area contributed by atoms with Gasteiger partial charge in [0.05, 0.1) is 5.56 Å². The molecule has 1 amide bonds. The van der Waals surface area contributed by atoms with Crippen LogP contribution in [0.5, 0.6) is 5.75 Å². The fourth-order valence-electron chi connectivity index (χ4n) is 1.55. The van der Waals surface area contributed by atoms with Crippen LogP contribution in [-0.2, 0) is 0 Å². The first-order chi connectivity index (χ1) is 7.60. The Hall–Kier alpha value is -1.55. The van der Waals surface area contributed by atoms with Gasteiger partial charge in [0, 0.05) is 19.6 Å². The van der Waals surface area contributed by atoms with Crippen LogP contribution in [-0.4, -0.2) is 35.5 Å². The summed E-state index contributed by atoms with van der Waals surface area (Å²) in [5, 5.41) is 9.64. The van der Waals surface area contributed by atoms with E-state index in [1.54, 1.807) is 23.1 Å². The van der Waals surface area contributed by atoms with Crippen molar-refractivity contribution in [3.63, 3.8) is 0 Å². The Morgan fingerprint density at radius 3 is 2.75 bits per heavy atom. The highest BCUT2D eigenvalue weighted by Gasteiger charge is 2.16. The predicted molar refractivity (Wildman–Crippen MR) is 63.5 cm³/mol. The van der Waals surface area contributed by atoms with Crippen LogP contribution in [0.1, 0.15) is 22.8 Å². The zero-order valence-electron chi connectivity index (χ0n) is 9.73. The molecule has 0 saturated carbocycles. The van der Waals surface area contributed by atoms with Gasteiger partial charge in [-0.1, -0.05) is 11.6 Å². The molecule has 0 atom stereocenters. The molecule has 0 saturated heterocycles. The van der Waals surface area contributed by atoms with Crippen molar-refractivity contribution in [3.05, 3.63) is 29.3 Å². The number of carbonyl (C=O) groups is 1. The number of aryl methyl sites for hydroxylation is 1. The van der Waals surface area contributed by atoms with Gasteiger partial charge in [-0.3, -0.25) is 4.79 Å². The number of carbonyl (C=O) groups excluding carboxylic acids is 1. The average Bonchev–Trinajstić information content (AvgIpc) is 2.28. The van der Waals surface area contributed by atoms with Crippen LogP contribution < -0.4 is 5.73 Å². The number of hydrogen-bond acceptors (Lipinski definition) is 3. The van der Waals surface area contributed by atoms with Crippen LogP contribution in [0.15, 0.2) is 18.2 Å². The number of phenolic OH excluding ortho intramolecular Hbond substituents is 1. The van der Waals surface area contributed by atoms with Gasteiger partial charge in [0.15, 0.2) is 0 Å². The number of aromatic hydroxyl groups is 1. The van der Waals surface area contributed by atoms with Crippen LogP contribution in [0.25, 0.3) is 0 Å². The van der Waals surface area contributed by atoms with Crippen molar-refractivity contribution in [3.8, 4) is 5.75 Å². The summed E-state index contributed by atoms with van der Waals surface area (Å²) >= 11 is 0. The molecule has 0 heterocycles. The lowest BCUT2D eigenvalue weighted by atomic mass is 10.1. The Labute approximate surface area is 95.7 Å². The Kier molecular flexibility index (Phi) is 4.31. The van der Waals surface area contributed by atoms with Gasteiger partial charge in [-0.25, -0.2) is 0 Å². The van der Waals surface area contributed by atoms with Crippen LogP contribution in [0.3, 0.4) is 0 Å². The Balaban J connectivity index is 2.98. The van der Waals surface area contributed by atoms with E-state index in [9.17, 15) is 9.90 Å². The molecule has 0 bridgehead atoms. The van der Waals surface area contributed by atoms with Crippen molar-refractivity contribution in [2.75, 3.05) is 19.6 Å². The minimum Gasteiger partial charge on any atom is -0.507 e. The van der Waals surface area contributed by atoms with Gasteiger partial charge in [0.2, 0.25) is 0 Å². The molecule has 88 valence electrons. The van der Waals surface area contributed by atoms with E-state index < -0.39 is 0 Å². The second kappa shape index (κ2) is 5.51. The average molecular weight is 222 g/mol. The molecular weight excluding hydrogens is 204 g/mol. The number of likely N-dealkylation sites (N-methyl/N-ethyl adjacent to an activating group) is 1. The van der Waals surface area contributed by atoms with E-state index in [2.05, 4.69) is 0 Å². The molecule has 0 unspecified atom stereocenters. The van der Waals surface area contributed by atoms with Crippen molar-refractivity contribution in [1.29, 1.82) is 0 Å². The summed E-state index contributed by atoms with van der Waals surface area (Å²) in [6, 6.07) is 5.00. The van der Waals surface area contributed by atoms with E-state index in [4.69, 9.17) is 5.73 Å². The number of nitrogens with two attached hydrogens (primary N) is 1. The number of nitrogens with zero attached hydrogens (tertiary/aromatic N) is 1. The van der Waals surface area contributed by atoms with E-state index in [1.165, 1.54) is 0 Å². The highest BCUT2D eigenvalue weighted by atomic mass is 16.3. The minimum atomic E-state index is -0.172. The fourth-order valence-corrected chi connectivity index (χ4v) is 1.55. The number of benzene rings is 1. The van der Waals surface area contributed by atoms with Gasteiger partial charge in [-0.05, 0) is 26.0 Å². The minimum absolute atomic E-state index is 0.0195. The summed E-state index contributed by atoms with van der Waals surface area (Å²) in [7, 11) is 0. The highest BCUT2D eigenvalue weighted by Crippen LogP contribution is 2.19. The smallest absolute Gasteiger partial charge is 0.257 e. The maximum Gasteiger partial charge on any atom is 0.257 e. The quantitative estimate of drug-likeness (QED) is 0.802. The molecular formula is C12H18N2O2. The molecule has 3 N–H and O–H groups in total. The van der Waals surface area contributed by atoms with Crippen LogP contribution in [0, 0.1) is 6.92 Å². The first-order valence-corrected chi connectivity index (χ1v) is 5.39. The van der Waals surface area contributed by atoms with Gasteiger partial charge < -0.3 is 15.7 Å². The normalized spacial score (nSPS) is 10.2. The van der Waals surface area contributed by atoms with Crippen molar-refractivity contribution < 1.29 is 9.90 Å². The molecule has 0 aliphatic heterocycles. The summed E-state index contributed by atoms with van der Waals surface area (Å²) in [5.74, 6) is -0.153. The molecule has 1 rings (SSSR count). The van der Waals surface area contributed by atoms with Crippen LogP contribution >= 0.6 is 0 Å². The summed E-state index contributed by atoms with van der Waals surface area (Å²) in [4.78, 5) is 13.7. The third-order valence-corrected chi connectivity index (χ3v) is 2.45. The highest BCUT2D eigenvalue weighted by molar-refractivity contribution is 5.97. The summed E-state index contributed by atoms with van der Waals surface area (Å²) in [6.45, 7) is 5.29. The van der Waals surface area contributed by atoms with Gasteiger partial charge in [-0.2, -0.15) is 0 Å². The Morgan fingerprint density at radius 1 is 1.50 bits per heavy atom. The van der Waals surface area contributed by atoms with Crippen LogP contribution in [0.4, 0.5) is 0 Å². The zero-order valence-corrected chi connectivity index (χ0v) is 9.73. The van der Waals surface area contributed by atoms with E-state index in [-0.39, 0.29) is 11.7 Å². The number of amides is 1. The van der Waals surface area contributed by atoms with Crippen molar-refractivity contribution in [2.24, 2.45) is 5.73 Å². The fraction of sp³-hybridized carbons (Fsp3) is 0.417. The second-order valence-electron chi connectivity index (χ2n) is 3.69. The van der Waals surface area contributed by atoms with E-state index in [0.29, 0.717) is 25.2 Å². The van der Waals surface area contributed by atoms with Crippen LogP contribution in [0.2, 0.25) is 0 Å². The first-order valence-electron chi connectivity index (χ1n) is 5.39. The van der Waals surface area contributed by atoms with Gasteiger partial charge >= 0.3 is 0 Å². The summed E-state index contributed by atoms with van der Waals surface area (Å²) < 4.78 is 0. The lowest BCUT2D eigenvalue weighted by Crippen LogP contribution is -2.35. The Bertz CT molecular complexity index is 377. The topological polar surface area (TPSA) is 66.6 Å². The molecule has 1 aromatic rings. The molecule has 0 aromatic heterocycles. The maximum atomic E-state index is 12.0. The maximum absolute atomic E-state index is 12.0. The largest absolute Gasteiger partial charge is 0.507 e. The van der Waals surface area contributed by atoms with E-state index in [1.807, 2.05) is 13.8 Å². The molecule has 0 spiro atoms. The summed E-state index contributed by atoms with van der Waals surface area (Å²) in [5.41, 5.74) is 6.72. The monoisotopic (exact) mass is 222 g/mol. The number of hydrogen-bond donors (Lipinski definition) is 2. The second-order valence-corrected chi connectivity index (χ2v) is 3.69. The lowest BCUT2D eigenvalue weighted by Gasteiger charge is -2.20. The molecule has 16 heavy (non-hydrogen) atoms. The third kappa shape index (κ3) is 2.73. The third-order valence-electron chi connectivity index (χ3n) is 2.45. The lowest BCUT2D eigenvalue weighted by molar-refractivity contribution is 0.0766. The van der Waals surface area contributed by atoms with Crippen molar-refractivity contribution in [2.45, 2.75) is 13.8 Å². The molecule has 0 aliphatic carbocycles. The van der Waals surface area contributed by atoms with Gasteiger partial charge in [-0.15, -0.1) is 0 Å². The molecule has 4 heteroatoms. The standard InChI is InChI=1S/C12H18N2O2/c1-3-14(7-6-13)12(16)10-8-9(2)4-5-11(10)15/h4-5,8,15H,3,6-7,13H2,1-2H3. The Morgan fingerprint density at radius 2 is 2.19 bits per heavy atom. The van der Waals surface area contributed by atoms with Crippen molar-refractivity contribution >= 4 is 5.91 Å². The molecule has 4 nitrogen and oxygen atoms in total. The van der Waals surface area contributed by atoms with Gasteiger partial charge in [0.1, 0.15) is 5.75 Å².